The molecule has 0 saturated carbocycles. The van der Waals surface area contributed by atoms with E-state index in [1.807, 2.05) is 37.4 Å². The first-order valence-electron chi connectivity index (χ1n) is 6.26. The predicted octanol–water partition coefficient (Wildman–Crippen LogP) is 3.91. The summed E-state index contributed by atoms with van der Waals surface area (Å²) >= 11 is 7.66. The fraction of sp³-hybridized carbons (Fsp3) is 0.250. The Morgan fingerprint density at radius 1 is 1.30 bits per heavy atom. The van der Waals surface area contributed by atoms with Crippen LogP contribution in [0.5, 0.6) is 5.75 Å². The van der Waals surface area contributed by atoms with Gasteiger partial charge in [-0.1, -0.05) is 23.4 Å². The Kier molecular flexibility index (Phi) is 5.08. The summed E-state index contributed by atoms with van der Waals surface area (Å²) in [4.78, 5) is 1.11. The minimum absolute atomic E-state index is 0.367. The van der Waals surface area contributed by atoms with Crippen molar-refractivity contribution in [2.45, 2.75) is 20.5 Å². The summed E-state index contributed by atoms with van der Waals surface area (Å²) in [5, 5.41) is 2.75. The van der Waals surface area contributed by atoms with E-state index in [-0.39, 0.29) is 0 Å². The number of halogens is 1. The number of aryl methyl sites for hydroxylation is 2. The third-order valence-corrected chi connectivity index (χ3v) is 3.96. The van der Waals surface area contributed by atoms with E-state index >= 15 is 0 Å². The molecule has 0 aliphatic heterocycles. The summed E-state index contributed by atoms with van der Waals surface area (Å²) in [7, 11) is 0. The third kappa shape index (κ3) is 3.55. The van der Waals surface area contributed by atoms with Crippen LogP contribution in [0.2, 0.25) is 5.02 Å². The molecule has 104 valence electrons. The van der Waals surface area contributed by atoms with Gasteiger partial charge in [-0.2, -0.15) is 0 Å². The molecule has 0 saturated heterocycles. The monoisotopic (exact) mass is 305 g/mol. The molecular weight excluding hydrogens is 290 g/mol. The van der Waals surface area contributed by atoms with Crippen LogP contribution in [0.1, 0.15) is 21.6 Å². The molecule has 4 heteroatoms. The maximum absolute atomic E-state index is 6.02. The summed E-state index contributed by atoms with van der Waals surface area (Å²) in [5.41, 5.74) is 8.48. The standard InChI is InChI=1S/C16H16ClNOS/c1-11-8-14(17)9-12(2)16(11)19-10-15-13(4-3-6-18)5-7-20-15/h5,7-9H,6,10,18H2,1-2H3. The van der Waals surface area contributed by atoms with Crippen LogP contribution in [-0.2, 0) is 6.61 Å². The van der Waals surface area contributed by atoms with Gasteiger partial charge in [-0.3, -0.25) is 0 Å². The van der Waals surface area contributed by atoms with Crippen molar-refractivity contribution >= 4 is 22.9 Å². The minimum atomic E-state index is 0.367. The topological polar surface area (TPSA) is 35.2 Å². The maximum atomic E-state index is 6.02. The molecule has 1 aromatic carbocycles. The summed E-state index contributed by atoms with van der Waals surface area (Å²) in [6.07, 6.45) is 0. The minimum Gasteiger partial charge on any atom is -0.487 e. The van der Waals surface area contributed by atoms with Gasteiger partial charge in [0.2, 0.25) is 0 Å². The Morgan fingerprint density at radius 3 is 2.65 bits per heavy atom. The van der Waals surface area contributed by atoms with Crippen LogP contribution in [0.4, 0.5) is 0 Å². The molecule has 0 bridgehead atoms. The highest BCUT2D eigenvalue weighted by Gasteiger charge is 2.08. The summed E-state index contributed by atoms with van der Waals surface area (Å²) in [6.45, 7) is 4.87. The highest BCUT2D eigenvalue weighted by molar-refractivity contribution is 7.10. The largest absolute Gasteiger partial charge is 0.487 e. The Morgan fingerprint density at radius 2 is 2.00 bits per heavy atom. The van der Waals surface area contributed by atoms with E-state index in [0.717, 1.165) is 32.3 Å². The van der Waals surface area contributed by atoms with Gasteiger partial charge in [0.25, 0.3) is 0 Å². The van der Waals surface area contributed by atoms with Crippen LogP contribution in [0.3, 0.4) is 0 Å². The van der Waals surface area contributed by atoms with Crippen molar-refractivity contribution < 1.29 is 4.74 Å². The molecule has 1 aromatic heterocycles. The van der Waals surface area contributed by atoms with Gasteiger partial charge in [-0.15, -0.1) is 11.3 Å². The molecule has 0 aliphatic carbocycles. The molecule has 2 N–H and O–H groups in total. The normalized spacial score (nSPS) is 10.0. The number of benzene rings is 1. The SMILES string of the molecule is Cc1cc(Cl)cc(C)c1OCc1sccc1C#CCN. The second kappa shape index (κ2) is 6.81. The van der Waals surface area contributed by atoms with Crippen molar-refractivity contribution in [3.63, 3.8) is 0 Å². The van der Waals surface area contributed by atoms with Crippen molar-refractivity contribution in [3.05, 3.63) is 50.2 Å². The molecular formula is C16H16ClNOS. The lowest BCUT2D eigenvalue weighted by molar-refractivity contribution is 0.305. The smallest absolute Gasteiger partial charge is 0.125 e. The number of hydrogen-bond donors (Lipinski definition) is 1. The molecule has 20 heavy (non-hydrogen) atoms. The fourth-order valence-corrected chi connectivity index (χ4v) is 3.04. The molecule has 0 amide bonds. The number of hydrogen-bond acceptors (Lipinski definition) is 3. The van der Waals surface area contributed by atoms with Gasteiger partial charge in [-0.05, 0) is 48.6 Å². The molecule has 2 nitrogen and oxygen atoms in total. The van der Waals surface area contributed by atoms with Crippen molar-refractivity contribution in [3.8, 4) is 17.6 Å². The van der Waals surface area contributed by atoms with Gasteiger partial charge in [0, 0.05) is 10.6 Å². The molecule has 0 atom stereocenters. The molecule has 1 heterocycles. The zero-order valence-electron chi connectivity index (χ0n) is 11.5. The summed E-state index contributed by atoms with van der Waals surface area (Å²) < 4.78 is 5.94. The first-order valence-corrected chi connectivity index (χ1v) is 7.52. The second-order valence-electron chi connectivity index (χ2n) is 4.42. The lowest BCUT2D eigenvalue weighted by atomic mass is 10.1. The van der Waals surface area contributed by atoms with E-state index in [2.05, 4.69) is 11.8 Å². The molecule has 0 spiro atoms. The van der Waals surface area contributed by atoms with Gasteiger partial charge in [0.15, 0.2) is 0 Å². The predicted molar refractivity (Wildman–Crippen MR) is 85.5 cm³/mol. The van der Waals surface area contributed by atoms with Crippen LogP contribution < -0.4 is 10.5 Å². The van der Waals surface area contributed by atoms with E-state index in [9.17, 15) is 0 Å². The Bertz CT molecular complexity index is 644. The van der Waals surface area contributed by atoms with Crippen molar-refractivity contribution in [2.24, 2.45) is 5.73 Å². The Balaban J connectivity index is 2.16. The summed E-state index contributed by atoms with van der Waals surface area (Å²) in [5.74, 6) is 6.82. The van der Waals surface area contributed by atoms with Crippen molar-refractivity contribution in [1.82, 2.24) is 0 Å². The number of ether oxygens (including phenoxy) is 1. The number of thiophene rings is 1. The van der Waals surface area contributed by atoms with E-state index in [1.165, 1.54) is 0 Å². The van der Waals surface area contributed by atoms with Crippen LogP contribution in [0, 0.1) is 25.7 Å². The lowest BCUT2D eigenvalue weighted by Crippen LogP contribution is -1.99. The van der Waals surface area contributed by atoms with E-state index < -0.39 is 0 Å². The third-order valence-electron chi connectivity index (χ3n) is 2.84. The van der Waals surface area contributed by atoms with Gasteiger partial charge in [0.05, 0.1) is 11.4 Å². The zero-order chi connectivity index (χ0) is 14.5. The van der Waals surface area contributed by atoms with E-state index in [0.29, 0.717) is 13.2 Å². The highest BCUT2D eigenvalue weighted by atomic mass is 35.5. The Hall–Kier alpha value is -1.47. The van der Waals surface area contributed by atoms with Crippen LogP contribution in [0.15, 0.2) is 23.6 Å². The summed E-state index contributed by atoms with van der Waals surface area (Å²) in [6, 6.07) is 5.81. The lowest BCUT2D eigenvalue weighted by Gasteiger charge is -2.12. The molecule has 0 radical (unpaired) electrons. The number of nitrogens with two attached hydrogens (primary N) is 1. The molecule has 0 fully saturated rings. The maximum Gasteiger partial charge on any atom is 0.125 e. The Labute approximate surface area is 128 Å². The quantitative estimate of drug-likeness (QED) is 0.873. The van der Waals surface area contributed by atoms with Crippen LogP contribution >= 0.6 is 22.9 Å². The first kappa shape index (κ1) is 14.9. The first-order chi connectivity index (χ1) is 9.61. The van der Waals surface area contributed by atoms with Gasteiger partial charge >= 0.3 is 0 Å². The number of rotatable bonds is 3. The van der Waals surface area contributed by atoms with Crippen molar-refractivity contribution in [1.29, 1.82) is 0 Å². The van der Waals surface area contributed by atoms with Gasteiger partial charge < -0.3 is 10.5 Å². The second-order valence-corrected chi connectivity index (χ2v) is 5.86. The molecule has 0 unspecified atom stereocenters. The van der Waals surface area contributed by atoms with Crippen LogP contribution in [-0.4, -0.2) is 6.54 Å². The van der Waals surface area contributed by atoms with Gasteiger partial charge in [0.1, 0.15) is 12.4 Å². The molecule has 2 aromatic rings. The van der Waals surface area contributed by atoms with Crippen LogP contribution in [0.25, 0.3) is 0 Å². The van der Waals surface area contributed by atoms with Gasteiger partial charge in [-0.25, -0.2) is 0 Å². The molecule has 2 rings (SSSR count). The van der Waals surface area contributed by atoms with E-state index in [1.54, 1.807) is 11.3 Å². The highest BCUT2D eigenvalue weighted by Crippen LogP contribution is 2.28. The van der Waals surface area contributed by atoms with E-state index in [4.69, 9.17) is 22.1 Å². The zero-order valence-corrected chi connectivity index (χ0v) is 13.1. The average molecular weight is 306 g/mol. The molecule has 0 aliphatic rings. The average Bonchev–Trinajstić information content (AvgIpc) is 2.82. The fourth-order valence-electron chi connectivity index (χ4n) is 1.97. The van der Waals surface area contributed by atoms with Crippen molar-refractivity contribution in [2.75, 3.05) is 6.54 Å².